The number of rotatable bonds is 3. The van der Waals surface area contributed by atoms with Crippen LogP contribution >= 0.6 is 0 Å². The van der Waals surface area contributed by atoms with Crippen molar-refractivity contribution in [2.45, 2.75) is 43.6 Å². The fourth-order valence-electron chi connectivity index (χ4n) is 2.90. The van der Waals surface area contributed by atoms with E-state index in [-0.39, 0.29) is 12.3 Å². The van der Waals surface area contributed by atoms with Gasteiger partial charge in [-0.2, -0.15) is 0 Å². The van der Waals surface area contributed by atoms with Crippen LogP contribution in [0.15, 0.2) is 24.3 Å². The van der Waals surface area contributed by atoms with Crippen molar-refractivity contribution in [3.05, 3.63) is 29.8 Å². The molecule has 1 aromatic rings. The van der Waals surface area contributed by atoms with Gasteiger partial charge in [0.15, 0.2) is 0 Å². The quantitative estimate of drug-likeness (QED) is 0.899. The molecule has 0 heterocycles. The Bertz CT molecular complexity index is 447. The van der Waals surface area contributed by atoms with Gasteiger partial charge >= 0.3 is 6.36 Å². The molecule has 1 aliphatic carbocycles. The summed E-state index contributed by atoms with van der Waals surface area (Å²) in [5, 5.41) is 10.2. The number of hydrogen-bond donors (Lipinski definition) is 2. The number of halogens is 3. The predicted octanol–water partition coefficient (Wildman–Crippen LogP) is 2.72. The summed E-state index contributed by atoms with van der Waals surface area (Å²) in [6.45, 7) is 0.271. The minimum atomic E-state index is -4.70. The van der Waals surface area contributed by atoms with Crippen LogP contribution in [0.5, 0.6) is 5.75 Å². The fraction of sp³-hybridized carbons (Fsp3) is 0.571. The average Bonchev–Trinajstić information content (AvgIpc) is 2.39. The van der Waals surface area contributed by atoms with Crippen LogP contribution in [0.25, 0.3) is 0 Å². The van der Waals surface area contributed by atoms with Crippen molar-refractivity contribution in [2.24, 2.45) is 5.73 Å². The molecule has 3 N–H and O–H groups in total. The van der Waals surface area contributed by atoms with E-state index in [0.29, 0.717) is 6.42 Å². The van der Waals surface area contributed by atoms with Crippen LogP contribution in [0.4, 0.5) is 13.2 Å². The van der Waals surface area contributed by atoms with Gasteiger partial charge in [0.1, 0.15) is 5.75 Å². The van der Waals surface area contributed by atoms with E-state index in [0.717, 1.165) is 24.8 Å². The number of alkyl halides is 3. The maximum absolute atomic E-state index is 12.1. The molecule has 0 bridgehead atoms. The van der Waals surface area contributed by atoms with Crippen LogP contribution in [0, 0.1) is 0 Å². The standard InChI is InChI=1S/C14H18F3NO2/c15-14(16,17)20-11-6-4-10(5-7-11)13(9-18)8-2-1-3-12(13)19/h4-7,12,19H,1-3,8-9,18H2/t12-,13-/m0/s1. The number of aliphatic hydroxyl groups excluding tert-OH is 1. The first-order valence-corrected chi connectivity index (χ1v) is 6.62. The van der Waals surface area contributed by atoms with E-state index in [4.69, 9.17) is 5.73 Å². The summed E-state index contributed by atoms with van der Waals surface area (Å²) in [5.41, 5.74) is 6.03. The van der Waals surface area contributed by atoms with Crippen LogP contribution in [-0.2, 0) is 5.41 Å². The molecule has 6 heteroatoms. The van der Waals surface area contributed by atoms with E-state index in [1.165, 1.54) is 12.1 Å². The Morgan fingerprint density at radius 1 is 1.25 bits per heavy atom. The average molecular weight is 289 g/mol. The summed E-state index contributed by atoms with van der Waals surface area (Å²) in [4.78, 5) is 0. The molecule has 0 amide bonds. The Labute approximate surface area is 115 Å². The highest BCUT2D eigenvalue weighted by Gasteiger charge is 2.40. The lowest BCUT2D eigenvalue weighted by Crippen LogP contribution is -2.47. The maximum Gasteiger partial charge on any atom is 0.573 e. The first-order valence-electron chi connectivity index (χ1n) is 6.62. The first kappa shape index (κ1) is 15.1. The smallest absolute Gasteiger partial charge is 0.406 e. The molecule has 0 aromatic heterocycles. The van der Waals surface area contributed by atoms with Gasteiger partial charge in [-0.3, -0.25) is 0 Å². The first-order chi connectivity index (χ1) is 9.37. The van der Waals surface area contributed by atoms with Gasteiger partial charge in [-0.25, -0.2) is 0 Å². The van der Waals surface area contributed by atoms with Gasteiger partial charge in [0, 0.05) is 12.0 Å². The number of nitrogens with two attached hydrogens (primary N) is 1. The summed E-state index contributed by atoms with van der Waals surface area (Å²) in [6, 6.07) is 5.65. The monoisotopic (exact) mass is 289 g/mol. The molecule has 0 saturated heterocycles. The Kier molecular flexibility index (Phi) is 4.25. The van der Waals surface area contributed by atoms with Crippen LogP contribution in [-0.4, -0.2) is 24.1 Å². The second kappa shape index (κ2) is 5.61. The zero-order valence-corrected chi connectivity index (χ0v) is 11.0. The molecule has 0 spiro atoms. The van der Waals surface area contributed by atoms with Gasteiger partial charge in [0.25, 0.3) is 0 Å². The fourth-order valence-corrected chi connectivity index (χ4v) is 2.90. The summed E-state index contributed by atoms with van der Waals surface area (Å²) in [6.07, 6.45) is -1.96. The molecule has 2 atom stereocenters. The van der Waals surface area contributed by atoms with E-state index >= 15 is 0 Å². The van der Waals surface area contributed by atoms with Crippen LogP contribution in [0.2, 0.25) is 0 Å². The molecule has 0 aliphatic heterocycles. The lowest BCUT2D eigenvalue weighted by Gasteiger charge is -2.41. The topological polar surface area (TPSA) is 55.5 Å². The van der Waals surface area contributed by atoms with Gasteiger partial charge in [-0.15, -0.1) is 13.2 Å². The molecule has 1 saturated carbocycles. The number of ether oxygens (including phenoxy) is 1. The molecule has 3 nitrogen and oxygen atoms in total. The molecule has 112 valence electrons. The highest BCUT2D eigenvalue weighted by molar-refractivity contribution is 5.34. The largest absolute Gasteiger partial charge is 0.573 e. The Balaban J connectivity index is 2.23. The second-order valence-corrected chi connectivity index (χ2v) is 5.19. The third kappa shape index (κ3) is 3.07. The lowest BCUT2D eigenvalue weighted by atomic mass is 9.67. The van der Waals surface area contributed by atoms with Crippen molar-refractivity contribution < 1.29 is 23.0 Å². The molecule has 0 unspecified atom stereocenters. The van der Waals surface area contributed by atoms with E-state index in [2.05, 4.69) is 4.74 Å². The summed E-state index contributed by atoms with van der Waals surface area (Å²) < 4.78 is 40.2. The van der Waals surface area contributed by atoms with Gasteiger partial charge < -0.3 is 15.6 Å². The van der Waals surface area contributed by atoms with Crippen LogP contribution < -0.4 is 10.5 Å². The predicted molar refractivity (Wildman–Crippen MR) is 68.3 cm³/mol. The minimum absolute atomic E-state index is 0.265. The summed E-state index contributed by atoms with van der Waals surface area (Å²) in [5.74, 6) is -0.265. The molecular formula is C14H18F3NO2. The number of aliphatic hydroxyl groups is 1. The highest BCUT2D eigenvalue weighted by Crippen LogP contribution is 2.39. The van der Waals surface area contributed by atoms with Crippen molar-refractivity contribution >= 4 is 0 Å². The summed E-state index contributed by atoms with van der Waals surface area (Å²) >= 11 is 0. The van der Waals surface area contributed by atoms with Gasteiger partial charge in [0.05, 0.1) is 6.10 Å². The molecule has 0 radical (unpaired) electrons. The van der Waals surface area contributed by atoms with E-state index in [9.17, 15) is 18.3 Å². The van der Waals surface area contributed by atoms with Crippen molar-refractivity contribution in [2.75, 3.05) is 6.54 Å². The third-order valence-corrected chi connectivity index (χ3v) is 4.02. The van der Waals surface area contributed by atoms with Gasteiger partial charge in [-0.05, 0) is 30.5 Å². The van der Waals surface area contributed by atoms with Gasteiger partial charge in [-0.1, -0.05) is 25.0 Å². The molecule has 1 aliphatic rings. The van der Waals surface area contributed by atoms with E-state index in [1.54, 1.807) is 12.1 Å². The lowest BCUT2D eigenvalue weighted by molar-refractivity contribution is -0.274. The molecule has 2 rings (SSSR count). The molecular weight excluding hydrogens is 271 g/mol. The van der Waals surface area contributed by atoms with E-state index < -0.39 is 17.9 Å². The second-order valence-electron chi connectivity index (χ2n) is 5.19. The minimum Gasteiger partial charge on any atom is -0.406 e. The Hall–Kier alpha value is -1.27. The Morgan fingerprint density at radius 2 is 1.90 bits per heavy atom. The molecule has 1 fully saturated rings. The molecule has 20 heavy (non-hydrogen) atoms. The highest BCUT2D eigenvalue weighted by atomic mass is 19.4. The van der Waals surface area contributed by atoms with Crippen molar-refractivity contribution in [3.63, 3.8) is 0 Å². The Morgan fingerprint density at radius 3 is 2.40 bits per heavy atom. The normalized spacial score (nSPS) is 27.4. The zero-order valence-electron chi connectivity index (χ0n) is 11.0. The third-order valence-electron chi connectivity index (χ3n) is 4.02. The number of hydrogen-bond acceptors (Lipinski definition) is 3. The van der Waals surface area contributed by atoms with E-state index in [1.807, 2.05) is 0 Å². The summed E-state index contributed by atoms with van der Waals surface area (Å²) in [7, 11) is 0. The van der Waals surface area contributed by atoms with Crippen molar-refractivity contribution in [1.29, 1.82) is 0 Å². The zero-order chi connectivity index (χ0) is 14.8. The van der Waals surface area contributed by atoms with Crippen LogP contribution in [0.3, 0.4) is 0 Å². The maximum atomic E-state index is 12.1. The van der Waals surface area contributed by atoms with Crippen molar-refractivity contribution in [3.8, 4) is 5.75 Å². The van der Waals surface area contributed by atoms with Gasteiger partial charge in [0.2, 0.25) is 0 Å². The SMILES string of the molecule is NC[C@]1(c2ccc(OC(F)(F)F)cc2)CCCC[C@@H]1O. The molecule has 1 aromatic carbocycles. The van der Waals surface area contributed by atoms with Crippen molar-refractivity contribution in [1.82, 2.24) is 0 Å². The van der Waals surface area contributed by atoms with Crippen LogP contribution in [0.1, 0.15) is 31.2 Å². The number of benzene rings is 1.